The molecule has 27 heavy (non-hydrogen) atoms. The van der Waals surface area contributed by atoms with Crippen LogP contribution in [0.15, 0.2) is 95.7 Å². The molecule has 3 rings (SSSR count). The summed E-state index contributed by atoms with van der Waals surface area (Å²) in [7, 11) is 0. The van der Waals surface area contributed by atoms with Gasteiger partial charge in [-0.15, -0.1) is 0 Å². The highest BCUT2D eigenvalue weighted by molar-refractivity contribution is 5.96. The Morgan fingerprint density at radius 1 is 0.778 bits per heavy atom. The minimum absolute atomic E-state index is 0.499. The SMILES string of the molecule is CC(=COc1cccc(C)c1)/C(=N\c1ccccc1)Oc1cccc(C)c1. The molecule has 3 aromatic carbocycles. The van der Waals surface area contributed by atoms with E-state index < -0.39 is 0 Å². The van der Waals surface area contributed by atoms with Gasteiger partial charge < -0.3 is 9.47 Å². The summed E-state index contributed by atoms with van der Waals surface area (Å²) in [5.41, 5.74) is 3.89. The molecule has 0 N–H and O–H groups in total. The molecular formula is C24H23NO2. The molecule has 0 saturated carbocycles. The molecule has 0 heterocycles. The fourth-order valence-electron chi connectivity index (χ4n) is 2.50. The van der Waals surface area contributed by atoms with Crippen molar-refractivity contribution < 1.29 is 9.47 Å². The van der Waals surface area contributed by atoms with E-state index in [1.54, 1.807) is 6.26 Å². The van der Waals surface area contributed by atoms with Crippen molar-refractivity contribution in [2.45, 2.75) is 20.8 Å². The lowest BCUT2D eigenvalue weighted by Crippen LogP contribution is -2.11. The number of ether oxygens (including phenoxy) is 2. The lowest BCUT2D eigenvalue weighted by molar-refractivity contribution is 0.473. The molecule has 0 aromatic heterocycles. The first-order valence-corrected chi connectivity index (χ1v) is 8.89. The minimum Gasteiger partial charge on any atom is -0.465 e. The Morgan fingerprint density at radius 2 is 1.41 bits per heavy atom. The molecule has 0 spiro atoms. The van der Waals surface area contributed by atoms with Gasteiger partial charge in [-0.2, -0.15) is 0 Å². The maximum Gasteiger partial charge on any atom is 0.225 e. The van der Waals surface area contributed by atoms with E-state index in [-0.39, 0.29) is 0 Å². The highest BCUT2D eigenvalue weighted by atomic mass is 16.5. The van der Waals surface area contributed by atoms with Gasteiger partial charge in [0.15, 0.2) is 0 Å². The van der Waals surface area contributed by atoms with Crippen LogP contribution in [0.5, 0.6) is 11.5 Å². The number of para-hydroxylation sites is 1. The summed E-state index contributed by atoms with van der Waals surface area (Å²) in [6.07, 6.45) is 1.67. The second-order valence-corrected chi connectivity index (χ2v) is 6.41. The van der Waals surface area contributed by atoms with Crippen molar-refractivity contribution in [1.29, 1.82) is 0 Å². The van der Waals surface area contributed by atoms with Gasteiger partial charge in [0.1, 0.15) is 11.5 Å². The second-order valence-electron chi connectivity index (χ2n) is 6.41. The van der Waals surface area contributed by atoms with E-state index in [2.05, 4.69) is 4.99 Å². The van der Waals surface area contributed by atoms with Crippen molar-refractivity contribution in [3.05, 3.63) is 102 Å². The quantitative estimate of drug-likeness (QED) is 0.301. The number of hydrogen-bond acceptors (Lipinski definition) is 3. The third kappa shape index (κ3) is 5.58. The lowest BCUT2D eigenvalue weighted by Gasteiger charge is -2.11. The van der Waals surface area contributed by atoms with Crippen LogP contribution >= 0.6 is 0 Å². The fourth-order valence-corrected chi connectivity index (χ4v) is 2.50. The molecule has 0 atom stereocenters. The van der Waals surface area contributed by atoms with Crippen LogP contribution < -0.4 is 9.47 Å². The number of benzene rings is 3. The summed E-state index contributed by atoms with van der Waals surface area (Å²) < 4.78 is 11.9. The summed E-state index contributed by atoms with van der Waals surface area (Å²) in [5, 5.41) is 0. The van der Waals surface area contributed by atoms with Gasteiger partial charge in [-0.25, -0.2) is 4.99 Å². The monoisotopic (exact) mass is 357 g/mol. The number of nitrogens with zero attached hydrogens (tertiary/aromatic N) is 1. The van der Waals surface area contributed by atoms with E-state index in [9.17, 15) is 0 Å². The first kappa shape index (κ1) is 18.5. The minimum atomic E-state index is 0.499. The van der Waals surface area contributed by atoms with Crippen LogP contribution in [0.25, 0.3) is 0 Å². The standard InChI is InChI=1S/C24H23NO2/c1-18-9-7-13-22(15-18)26-17-20(3)24(25-21-11-5-4-6-12-21)27-23-14-8-10-19(2)16-23/h4-17H,1-3H3/b20-17?,25-24+. The van der Waals surface area contributed by atoms with Crippen molar-refractivity contribution in [1.82, 2.24) is 0 Å². The topological polar surface area (TPSA) is 30.8 Å². The van der Waals surface area contributed by atoms with Gasteiger partial charge in [0, 0.05) is 5.57 Å². The maximum absolute atomic E-state index is 6.07. The predicted molar refractivity (Wildman–Crippen MR) is 111 cm³/mol. The Kier molecular flexibility index (Phi) is 6.06. The number of rotatable bonds is 5. The van der Waals surface area contributed by atoms with Crippen LogP contribution in [0.2, 0.25) is 0 Å². The van der Waals surface area contributed by atoms with Crippen LogP contribution in [0.4, 0.5) is 5.69 Å². The van der Waals surface area contributed by atoms with Crippen LogP contribution in [-0.2, 0) is 0 Å². The van der Waals surface area contributed by atoms with Crippen LogP contribution in [0.1, 0.15) is 18.1 Å². The van der Waals surface area contributed by atoms with Gasteiger partial charge >= 0.3 is 0 Å². The highest BCUT2D eigenvalue weighted by Gasteiger charge is 2.08. The number of aliphatic imine (C=N–C) groups is 1. The zero-order valence-corrected chi connectivity index (χ0v) is 15.8. The summed E-state index contributed by atoms with van der Waals surface area (Å²) in [6.45, 7) is 5.99. The maximum atomic E-state index is 6.07. The summed E-state index contributed by atoms with van der Waals surface area (Å²) in [6, 6.07) is 25.5. The molecule has 3 nitrogen and oxygen atoms in total. The van der Waals surface area contributed by atoms with Gasteiger partial charge in [0.05, 0.1) is 11.9 Å². The van der Waals surface area contributed by atoms with E-state index in [4.69, 9.17) is 9.47 Å². The molecule has 0 fully saturated rings. The first-order chi connectivity index (χ1) is 13.1. The van der Waals surface area contributed by atoms with Crippen molar-refractivity contribution in [3.8, 4) is 11.5 Å². The molecule has 0 aliphatic heterocycles. The third-order valence-corrected chi connectivity index (χ3v) is 3.89. The van der Waals surface area contributed by atoms with Gasteiger partial charge in [0.25, 0.3) is 0 Å². The Hall–Kier alpha value is -3.33. The van der Waals surface area contributed by atoms with E-state index in [1.807, 2.05) is 99.6 Å². The fraction of sp³-hybridized carbons (Fsp3) is 0.125. The molecule has 0 saturated heterocycles. The van der Waals surface area contributed by atoms with Crippen LogP contribution in [-0.4, -0.2) is 5.90 Å². The van der Waals surface area contributed by atoms with Crippen molar-refractivity contribution >= 4 is 11.6 Å². The third-order valence-electron chi connectivity index (χ3n) is 3.89. The van der Waals surface area contributed by atoms with Gasteiger partial charge in [-0.05, 0) is 68.3 Å². The average molecular weight is 357 g/mol. The van der Waals surface area contributed by atoms with Gasteiger partial charge in [0.2, 0.25) is 5.90 Å². The van der Waals surface area contributed by atoms with Gasteiger partial charge in [-0.1, -0.05) is 42.5 Å². The predicted octanol–water partition coefficient (Wildman–Crippen LogP) is 6.40. The Bertz CT molecular complexity index is 959. The largest absolute Gasteiger partial charge is 0.465 e. The Labute approximate surface area is 160 Å². The van der Waals surface area contributed by atoms with E-state index in [0.717, 1.165) is 33.9 Å². The molecular weight excluding hydrogens is 334 g/mol. The molecule has 0 aliphatic rings. The molecule has 0 radical (unpaired) electrons. The Morgan fingerprint density at radius 3 is 2.07 bits per heavy atom. The zero-order valence-electron chi connectivity index (χ0n) is 15.8. The van der Waals surface area contributed by atoms with E-state index in [1.165, 1.54) is 0 Å². The molecule has 0 unspecified atom stereocenters. The molecule has 0 aliphatic carbocycles. The number of hydrogen-bond donors (Lipinski definition) is 0. The van der Waals surface area contributed by atoms with E-state index in [0.29, 0.717) is 5.90 Å². The van der Waals surface area contributed by atoms with Crippen molar-refractivity contribution in [2.24, 2.45) is 4.99 Å². The highest BCUT2D eigenvalue weighted by Crippen LogP contribution is 2.19. The second kappa shape index (κ2) is 8.86. The Balaban J connectivity index is 1.88. The van der Waals surface area contributed by atoms with Crippen molar-refractivity contribution in [3.63, 3.8) is 0 Å². The zero-order chi connectivity index (χ0) is 19.1. The molecule has 0 bridgehead atoms. The first-order valence-electron chi connectivity index (χ1n) is 8.89. The lowest BCUT2D eigenvalue weighted by atomic mass is 10.2. The van der Waals surface area contributed by atoms with Crippen molar-refractivity contribution in [2.75, 3.05) is 0 Å². The van der Waals surface area contributed by atoms with Gasteiger partial charge in [-0.3, -0.25) is 0 Å². The molecule has 0 amide bonds. The normalized spacial score (nSPS) is 12.0. The number of aryl methyl sites for hydroxylation is 2. The summed E-state index contributed by atoms with van der Waals surface area (Å²) in [4.78, 5) is 4.66. The molecule has 3 heteroatoms. The van der Waals surface area contributed by atoms with Crippen LogP contribution in [0.3, 0.4) is 0 Å². The smallest absolute Gasteiger partial charge is 0.225 e. The summed E-state index contributed by atoms with van der Waals surface area (Å²) >= 11 is 0. The van der Waals surface area contributed by atoms with Crippen LogP contribution in [0, 0.1) is 13.8 Å². The average Bonchev–Trinajstić information content (AvgIpc) is 2.66. The van der Waals surface area contributed by atoms with E-state index >= 15 is 0 Å². The summed E-state index contributed by atoms with van der Waals surface area (Å²) in [5.74, 6) is 2.02. The molecule has 3 aromatic rings. The molecule has 136 valence electrons.